The first-order chi connectivity index (χ1) is 13.5. The van der Waals surface area contributed by atoms with Crippen molar-refractivity contribution in [3.63, 3.8) is 0 Å². The number of anilines is 2. The van der Waals surface area contributed by atoms with Crippen molar-refractivity contribution < 1.29 is 23.5 Å². The van der Waals surface area contributed by atoms with Gasteiger partial charge in [0.05, 0.1) is 30.5 Å². The third-order valence-electron chi connectivity index (χ3n) is 3.54. The SMILES string of the molecule is CCOC(=O)c1ccc(NC(=O)Cc2csc(NC(=O)c3ccco3)n2)cc1. The fraction of sp³-hybridized carbons (Fsp3) is 0.158. The van der Waals surface area contributed by atoms with Crippen molar-refractivity contribution in [3.05, 3.63) is 65.1 Å². The van der Waals surface area contributed by atoms with Crippen LogP contribution in [0.3, 0.4) is 0 Å². The van der Waals surface area contributed by atoms with Gasteiger partial charge in [0.2, 0.25) is 5.91 Å². The molecule has 0 bridgehead atoms. The summed E-state index contributed by atoms with van der Waals surface area (Å²) in [5.74, 6) is -0.900. The highest BCUT2D eigenvalue weighted by Gasteiger charge is 2.13. The fourth-order valence-corrected chi connectivity index (χ4v) is 2.99. The van der Waals surface area contributed by atoms with E-state index in [9.17, 15) is 14.4 Å². The Morgan fingerprint density at radius 3 is 2.61 bits per heavy atom. The summed E-state index contributed by atoms with van der Waals surface area (Å²) in [7, 11) is 0. The lowest BCUT2D eigenvalue weighted by Gasteiger charge is -2.06. The van der Waals surface area contributed by atoms with E-state index in [1.54, 1.807) is 48.7 Å². The van der Waals surface area contributed by atoms with Crippen LogP contribution in [0.25, 0.3) is 0 Å². The standard InChI is InChI=1S/C19H17N3O5S/c1-2-26-18(25)12-5-7-13(8-6-12)20-16(23)10-14-11-28-19(21-14)22-17(24)15-4-3-9-27-15/h3-9,11H,2,10H2,1H3,(H,20,23)(H,21,22,24). The smallest absolute Gasteiger partial charge is 0.338 e. The van der Waals surface area contributed by atoms with Crippen molar-refractivity contribution >= 4 is 39.9 Å². The monoisotopic (exact) mass is 399 g/mol. The van der Waals surface area contributed by atoms with Gasteiger partial charge < -0.3 is 14.5 Å². The molecule has 8 nitrogen and oxygen atoms in total. The van der Waals surface area contributed by atoms with Crippen LogP contribution in [0.5, 0.6) is 0 Å². The third-order valence-corrected chi connectivity index (χ3v) is 4.35. The number of esters is 1. The Morgan fingerprint density at radius 1 is 1.14 bits per heavy atom. The zero-order chi connectivity index (χ0) is 19.9. The molecule has 9 heteroatoms. The van der Waals surface area contributed by atoms with E-state index >= 15 is 0 Å². The fourth-order valence-electron chi connectivity index (χ4n) is 2.29. The number of benzene rings is 1. The number of thiazole rings is 1. The highest BCUT2D eigenvalue weighted by molar-refractivity contribution is 7.14. The molecule has 0 radical (unpaired) electrons. The van der Waals surface area contributed by atoms with Crippen LogP contribution in [0.4, 0.5) is 10.8 Å². The number of furan rings is 1. The molecule has 1 aromatic carbocycles. The minimum Gasteiger partial charge on any atom is -0.462 e. The van der Waals surface area contributed by atoms with Crippen LogP contribution in [-0.2, 0) is 16.0 Å². The first kappa shape index (κ1) is 19.3. The molecule has 0 atom stereocenters. The number of amides is 2. The number of rotatable bonds is 7. The summed E-state index contributed by atoms with van der Waals surface area (Å²) in [6, 6.07) is 9.58. The molecule has 0 aliphatic carbocycles. The lowest BCUT2D eigenvalue weighted by atomic mass is 10.2. The summed E-state index contributed by atoms with van der Waals surface area (Å²) in [6.45, 7) is 2.04. The van der Waals surface area contributed by atoms with Crippen LogP contribution in [0.2, 0.25) is 0 Å². The van der Waals surface area contributed by atoms with E-state index < -0.39 is 11.9 Å². The first-order valence-electron chi connectivity index (χ1n) is 8.41. The van der Waals surface area contributed by atoms with Gasteiger partial charge in [-0.3, -0.25) is 14.9 Å². The molecule has 2 amide bonds. The lowest BCUT2D eigenvalue weighted by Crippen LogP contribution is -2.15. The highest BCUT2D eigenvalue weighted by Crippen LogP contribution is 2.18. The van der Waals surface area contributed by atoms with Crippen LogP contribution in [0.1, 0.15) is 33.5 Å². The van der Waals surface area contributed by atoms with Crippen molar-refractivity contribution in [2.45, 2.75) is 13.3 Å². The minimum atomic E-state index is -0.410. The molecule has 0 fully saturated rings. The van der Waals surface area contributed by atoms with E-state index in [4.69, 9.17) is 9.15 Å². The second kappa shape index (κ2) is 8.96. The minimum absolute atomic E-state index is 0.0484. The molecule has 0 saturated carbocycles. The predicted molar refractivity (Wildman–Crippen MR) is 104 cm³/mol. The number of aromatic nitrogens is 1. The Kier molecular flexibility index (Phi) is 6.18. The Balaban J connectivity index is 1.53. The molecular formula is C19H17N3O5S. The number of hydrogen-bond donors (Lipinski definition) is 2. The van der Waals surface area contributed by atoms with Crippen molar-refractivity contribution in [1.29, 1.82) is 0 Å². The van der Waals surface area contributed by atoms with Crippen molar-refractivity contribution in [2.24, 2.45) is 0 Å². The molecular weight excluding hydrogens is 382 g/mol. The molecule has 3 aromatic rings. The second-order valence-corrected chi connectivity index (χ2v) is 6.46. The van der Waals surface area contributed by atoms with Gasteiger partial charge in [-0.1, -0.05) is 0 Å². The summed E-state index contributed by atoms with van der Waals surface area (Å²) in [5.41, 5.74) is 1.50. The summed E-state index contributed by atoms with van der Waals surface area (Å²) >= 11 is 1.22. The maximum Gasteiger partial charge on any atom is 0.338 e. The normalized spacial score (nSPS) is 10.3. The van der Waals surface area contributed by atoms with Crippen molar-refractivity contribution in [3.8, 4) is 0 Å². The molecule has 144 valence electrons. The van der Waals surface area contributed by atoms with Gasteiger partial charge in [0, 0.05) is 11.1 Å². The zero-order valence-corrected chi connectivity index (χ0v) is 15.7. The average Bonchev–Trinajstić information content (AvgIpc) is 3.35. The van der Waals surface area contributed by atoms with E-state index in [0.717, 1.165) is 0 Å². The maximum atomic E-state index is 12.2. The molecule has 2 aromatic heterocycles. The third kappa shape index (κ3) is 5.04. The summed E-state index contributed by atoms with van der Waals surface area (Å²) in [4.78, 5) is 39.9. The topological polar surface area (TPSA) is 111 Å². The van der Waals surface area contributed by atoms with Gasteiger partial charge >= 0.3 is 5.97 Å². The highest BCUT2D eigenvalue weighted by atomic mass is 32.1. The summed E-state index contributed by atoms with van der Waals surface area (Å²) in [5, 5.41) is 7.42. The molecule has 0 aliphatic rings. The molecule has 0 unspecified atom stereocenters. The van der Waals surface area contributed by atoms with Crippen molar-refractivity contribution in [1.82, 2.24) is 4.98 Å². The van der Waals surface area contributed by atoms with E-state index in [1.807, 2.05) is 0 Å². The van der Waals surface area contributed by atoms with Gasteiger partial charge in [0.25, 0.3) is 5.91 Å². The molecule has 2 heterocycles. The van der Waals surface area contributed by atoms with Crippen LogP contribution in [0, 0.1) is 0 Å². The quantitative estimate of drug-likeness (QED) is 0.590. The Hall–Kier alpha value is -3.46. The molecule has 0 saturated heterocycles. The van der Waals surface area contributed by atoms with Gasteiger partial charge in [0.15, 0.2) is 10.9 Å². The van der Waals surface area contributed by atoms with Crippen molar-refractivity contribution in [2.75, 3.05) is 17.2 Å². The van der Waals surface area contributed by atoms with Gasteiger partial charge in [-0.15, -0.1) is 11.3 Å². The largest absolute Gasteiger partial charge is 0.462 e. The lowest BCUT2D eigenvalue weighted by molar-refractivity contribution is -0.115. The van der Waals surface area contributed by atoms with Crippen LogP contribution >= 0.6 is 11.3 Å². The molecule has 28 heavy (non-hydrogen) atoms. The van der Waals surface area contributed by atoms with E-state index in [0.29, 0.717) is 28.7 Å². The van der Waals surface area contributed by atoms with Gasteiger partial charge in [-0.05, 0) is 43.3 Å². The van der Waals surface area contributed by atoms with Gasteiger partial charge in [-0.25, -0.2) is 9.78 Å². The number of hydrogen-bond acceptors (Lipinski definition) is 7. The molecule has 0 spiro atoms. The first-order valence-corrected chi connectivity index (χ1v) is 9.29. The Morgan fingerprint density at radius 2 is 1.93 bits per heavy atom. The Labute approximate surface area is 164 Å². The van der Waals surface area contributed by atoms with Crippen LogP contribution in [0.15, 0.2) is 52.5 Å². The summed E-state index contributed by atoms with van der Waals surface area (Å²) in [6.07, 6.45) is 1.46. The van der Waals surface area contributed by atoms with E-state index in [1.165, 1.54) is 17.6 Å². The van der Waals surface area contributed by atoms with Gasteiger partial charge in [-0.2, -0.15) is 0 Å². The number of carbonyl (C=O) groups is 3. The number of carbonyl (C=O) groups excluding carboxylic acids is 3. The predicted octanol–water partition coefficient (Wildman–Crippen LogP) is 3.35. The van der Waals surface area contributed by atoms with Gasteiger partial charge in [0.1, 0.15) is 0 Å². The zero-order valence-electron chi connectivity index (χ0n) is 14.9. The molecule has 3 rings (SSSR count). The van der Waals surface area contributed by atoms with E-state index in [-0.39, 0.29) is 18.1 Å². The Bertz CT molecular complexity index is 964. The average molecular weight is 399 g/mol. The van der Waals surface area contributed by atoms with E-state index in [2.05, 4.69) is 15.6 Å². The number of nitrogens with one attached hydrogen (secondary N) is 2. The molecule has 0 aliphatic heterocycles. The maximum absolute atomic E-state index is 12.2. The summed E-state index contributed by atoms with van der Waals surface area (Å²) < 4.78 is 9.93. The van der Waals surface area contributed by atoms with Crippen LogP contribution in [-0.4, -0.2) is 29.4 Å². The van der Waals surface area contributed by atoms with Crippen LogP contribution < -0.4 is 10.6 Å². The number of nitrogens with zero attached hydrogens (tertiary/aromatic N) is 1. The number of ether oxygens (including phenoxy) is 1. The second-order valence-electron chi connectivity index (χ2n) is 5.60. The molecule has 2 N–H and O–H groups in total.